The number of hydrogen-bond acceptors (Lipinski definition) is 2. The molecular weight excluding hydrogens is 147 g/mol. The van der Waals surface area contributed by atoms with E-state index in [-0.39, 0.29) is 8.81 Å². The first kappa shape index (κ1) is 7.39. The van der Waals surface area contributed by atoms with Crippen LogP contribution in [0.2, 0.25) is 0 Å². The topological polar surface area (TPSA) is 37.3 Å². The van der Waals surface area contributed by atoms with Crippen LogP contribution < -0.4 is 5.30 Å². The Morgan fingerprint density at radius 2 is 2.30 bits per heavy atom. The summed E-state index contributed by atoms with van der Waals surface area (Å²) in [5, 5.41) is 0.796. The van der Waals surface area contributed by atoms with Gasteiger partial charge in [-0.05, 0) is 11.4 Å². The van der Waals surface area contributed by atoms with Crippen molar-refractivity contribution < 1.29 is 9.69 Å². The van der Waals surface area contributed by atoms with E-state index in [2.05, 4.69) is 0 Å². The summed E-state index contributed by atoms with van der Waals surface area (Å²) in [6.45, 7) is 0. The van der Waals surface area contributed by atoms with Crippen molar-refractivity contribution >= 4 is 20.4 Å². The second-order valence-electron chi connectivity index (χ2n) is 1.86. The largest absolute Gasteiger partial charge is 0.372 e. The second kappa shape index (κ2) is 3.45. The van der Waals surface area contributed by atoms with Gasteiger partial charge in [-0.15, -0.1) is 0 Å². The van der Waals surface area contributed by atoms with Crippen LogP contribution in [0.1, 0.15) is 10.4 Å². The molecule has 1 aromatic rings. The lowest BCUT2D eigenvalue weighted by Crippen LogP contribution is -1.93. The number of benzene rings is 1. The zero-order valence-corrected chi connectivity index (χ0v) is 6.24. The van der Waals surface area contributed by atoms with Crippen LogP contribution in [0.3, 0.4) is 0 Å². The zero-order chi connectivity index (χ0) is 7.40. The minimum atomic E-state index is -0.229. The third-order valence-electron chi connectivity index (χ3n) is 1.15. The summed E-state index contributed by atoms with van der Waals surface area (Å²) in [6.07, 6.45) is 0.767. The molecule has 0 heterocycles. The average Bonchev–Trinajstić information content (AvgIpc) is 2.05. The van der Waals surface area contributed by atoms with Crippen molar-refractivity contribution in [2.24, 2.45) is 0 Å². The van der Waals surface area contributed by atoms with E-state index in [0.717, 1.165) is 11.6 Å². The van der Waals surface area contributed by atoms with Crippen molar-refractivity contribution in [1.82, 2.24) is 0 Å². The van der Waals surface area contributed by atoms with E-state index in [1.165, 1.54) is 0 Å². The molecule has 0 radical (unpaired) electrons. The van der Waals surface area contributed by atoms with E-state index >= 15 is 0 Å². The van der Waals surface area contributed by atoms with Gasteiger partial charge in [-0.1, -0.05) is 18.2 Å². The Balaban J connectivity index is 2.98. The monoisotopic (exact) mass is 154 g/mol. The Hall–Kier alpha value is -0.720. The van der Waals surface area contributed by atoms with Gasteiger partial charge >= 0.3 is 0 Å². The fraction of sp³-hybridized carbons (Fsp3) is 0. The molecule has 3 heteroatoms. The molecule has 2 nitrogen and oxygen atoms in total. The van der Waals surface area contributed by atoms with E-state index in [0.29, 0.717) is 5.56 Å². The number of rotatable bonds is 2. The molecule has 52 valence electrons. The van der Waals surface area contributed by atoms with Gasteiger partial charge in [-0.3, -0.25) is 4.79 Å². The number of carbonyl (C=O) groups is 1. The third kappa shape index (κ3) is 1.63. The average molecular weight is 154 g/mol. The summed E-state index contributed by atoms with van der Waals surface area (Å²) in [5.41, 5.74) is 0.610. The van der Waals surface area contributed by atoms with Crippen LogP contribution in [0, 0.1) is 0 Å². The highest BCUT2D eigenvalue weighted by molar-refractivity contribution is 7.40. The number of aldehydes is 1. The van der Waals surface area contributed by atoms with Gasteiger partial charge in [0.25, 0.3) is 0 Å². The predicted octanol–water partition coefficient (Wildman–Crippen LogP) is 0.710. The number of hydrogen-bond donors (Lipinski definition) is 1. The zero-order valence-electron chi connectivity index (χ0n) is 5.24. The molecule has 10 heavy (non-hydrogen) atoms. The number of carbonyl (C=O) groups excluding carboxylic acids is 1. The molecule has 0 aliphatic heterocycles. The van der Waals surface area contributed by atoms with E-state index in [9.17, 15) is 4.79 Å². The summed E-state index contributed by atoms with van der Waals surface area (Å²) >= 11 is 0. The van der Waals surface area contributed by atoms with E-state index < -0.39 is 0 Å². The first-order chi connectivity index (χ1) is 4.86. The van der Waals surface area contributed by atoms with Crippen LogP contribution >= 0.6 is 8.81 Å². The van der Waals surface area contributed by atoms with Gasteiger partial charge in [0, 0.05) is 14.4 Å². The van der Waals surface area contributed by atoms with Gasteiger partial charge in [0.05, 0.1) is 0 Å². The molecule has 1 aromatic carbocycles. The maximum absolute atomic E-state index is 10.2. The van der Waals surface area contributed by atoms with Gasteiger partial charge in [-0.25, -0.2) is 0 Å². The summed E-state index contributed by atoms with van der Waals surface area (Å²) < 4.78 is 0. The van der Waals surface area contributed by atoms with Crippen molar-refractivity contribution in [3.8, 4) is 0 Å². The smallest absolute Gasteiger partial charge is 0.150 e. The molecule has 1 atom stereocenters. The summed E-state index contributed by atoms with van der Waals surface area (Å²) in [4.78, 5) is 18.9. The molecule has 0 spiro atoms. The van der Waals surface area contributed by atoms with Gasteiger partial charge in [-0.2, -0.15) is 0 Å². The molecule has 0 saturated heterocycles. The molecule has 0 aromatic heterocycles. The fourth-order valence-electron chi connectivity index (χ4n) is 0.682. The van der Waals surface area contributed by atoms with Crippen LogP contribution in [-0.2, 0) is 0 Å². The first-order valence-electron chi connectivity index (χ1n) is 2.82. The van der Waals surface area contributed by atoms with E-state index in [1.807, 2.05) is 0 Å². The van der Waals surface area contributed by atoms with Crippen LogP contribution in [0.25, 0.3) is 0 Å². The second-order valence-corrected chi connectivity index (χ2v) is 2.66. The maximum atomic E-state index is 10.2. The summed E-state index contributed by atoms with van der Waals surface area (Å²) in [7, 11) is -0.229. The summed E-state index contributed by atoms with van der Waals surface area (Å²) in [5.74, 6) is 0. The maximum Gasteiger partial charge on any atom is 0.150 e. The highest BCUT2D eigenvalue weighted by Crippen LogP contribution is 2.03. The molecule has 0 aliphatic rings. The van der Waals surface area contributed by atoms with Gasteiger partial charge < -0.3 is 4.89 Å². The minimum absolute atomic E-state index is 0.229. The lowest BCUT2D eigenvalue weighted by molar-refractivity contribution is 0.112. The normalized spacial score (nSPS) is 10.5. The lowest BCUT2D eigenvalue weighted by atomic mass is 10.2. The minimum Gasteiger partial charge on any atom is -0.372 e. The molecule has 0 fully saturated rings. The summed E-state index contributed by atoms with van der Waals surface area (Å²) in [6, 6.07) is 6.91. The van der Waals surface area contributed by atoms with Crippen molar-refractivity contribution in [2.45, 2.75) is 0 Å². The van der Waals surface area contributed by atoms with Crippen molar-refractivity contribution in [3.63, 3.8) is 0 Å². The first-order valence-corrected chi connectivity index (χ1v) is 3.77. The standard InChI is InChI=1S/C7H7O2P/c8-5-6-2-1-3-7(4-6)10-9/h1-5,9-10H. The van der Waals surface area contributed by atoms with Gasteiger partial charge in [0.15, 0.2) is 0 Å². The van der Waals surface area contributed by atoms with Crippen molar-refractivity contribution in [1.29, 1.82) is 0 Å². The Kier molecular flexibility index (Phi) is 2.55. The van der Waals surface area contributed by atoms with Crippen LogP contribution in [0.5, 0.6) is 0 Å². The third-order valence-corrected chi connectivity index (χ3v) is 1.72. The lowest BCUT2D eigenvalue weighted by Gasteiger charge is -1.93. The molecular formula is C7H7O2P. The Morgan fingerprint density at radius 3 is 2.90 bits per heavy atom. The SMILES string of the molecule is O=Cc1cccc(PO)c1. The molecule has 0 amide bonds. The Bertz CT molecular complexity index is 235. The van der Waals surface area contributed by atoms with Crippen molar-refractivity contribution in [3.05, 3.63) is 29.8 Å². The molecule has 0 aliphatic carbocycles. The Labute approximate surface area is 60.8 Å². The Morgan fingerprint density at radius 1 is 1.50 bits per heavy atom. The van der Waals surface area contributed by atoms with Crippen LogP contribution in [0.4, 0.5) is 0 Å². The van der Waals surface area contributed by atoms with E-state index in [1.54, 1.807) is 24.3 Å². The van der Waals surface area contributed by atoms with Gasteiger partial charge in [0.1, 0.15) is 6.29 Å². The molecule has 1 rings (SSSR count). The van der Waals surface area contributed by atoms with Crippen LogP contribution in [0.15, 0.2) is 24.3 Å². The fourth-order valence-corrected chi connectivity index (χ4v) is 1.08. The predicted molar refractivity (Wildman–Crippen MR) is 42.0 cm³/mol. The van der Waals surface area contributed by atoms with Crippen LogP contribution in [-0.4, -0.2) is 11.2 Å². The van der Waals surface area contributed by atoms with Crippen molar-refractivity contribution in [2.75, 3.05) is 0 Å². The highest BCUT2D eigenvalue weighted by atomic mass is 31.1. The quantitative estimate of drug-likeness (QED) is 0.503. The molecule has 0 saturated carbocycles. The molecule has 0 bridgehead atoms. The highest BCUT2D eigenvalue weighted by Gasteiger charge is 1.91. The molecule has 1 unspecified atom stereocenters. The van der Waals surface area contributed by atoms with Gasteiger partial charge in [0.2, 0.25) is 0 Å². The molecule has 1 N–H and O–H groups in total. The van der Waals surface area contributed by atoms with E-state index in [4.69, 9.17) is 4.89 Å².